The van der Waals surface area contributed by atoms with E-state index in [-0.39, 0.29) is 0 Å². The van der Waals surface area contributed by atoms with E-state index >= 15 is 0 Å². The van der Waals surface area contributed by atoms with Gasteiger partial charge in [0.15, 0.2) is 0 Å². The molecule has 0 bridgehead atoms. The Bertz CT molecular complexity index is 594. The van der Waals surface area contributed by atoms with Crippen LogP contribution in [0.15, 0.2) is 18.2 Å². The van der Waals surface area contributed by atoms with Crippen LogP contribution in [0, 0.1) is 0 Å². The van der Waals surface area contributed by atoms with Gasteiger partial charge in [-0.15, -0.1) is 0 Å². The molecule has 2 heteroatoms. The fraction of sp³-hybridized carbons (Fsp3) is 0.467. The Labute approximate surface area is 102 Å². The summed E-state index contributed by atoms with van der Waals surface area (Å²) in [6.07, 6.45) is 3.79. The minimum Gasteiger partial charge on any atom is -0.344 e. The number of hydrogen-bond acceptors (Lipinski definition) is 1. The first-order valence-electron chi connectivity index (χ1n) is 6.65. The number of rotatable bonds is 0. The zero-order chi connectivity index (χ0) is 11.4. The van der Waals surface area contributed by atoms with Gasteiger partial charge in [0, 0.05) is 37.1 Å². The normalized spacial score (nSPS) is 19.6. The van der Waals surface area contributed by atoms with Crippen LogP contribution in [0.5, 0.6) is 0 Å². The monoisotopic (exact) mass is 226 g/mol. The molecule has 17 heavy (non-hydrogen) atoms. The summed E-state index contributed by atoms with van der Waals surface area (Å²) in [4.78, 5) is 2.44. The molecule has 0 atom stereocenters. The number of likely N-dealkylation sites (N-methyl/N-ethyl adjacent to an activating group) is 1. The maximum Gasteiger partial charge on any atom is 0.0518 e. The molecule has 0 fully saturated rings. The van der Waals surface area contributed by atoms with E-state index in [1.807, 2.05) is 0 Å². The molecule has 4 rings (SSSR count). The van der Waals surface area contributed by atoms with Gasteiger partial charge in [0.05, 0.1) is 5.52 Å². The first-order valence-corrected chi connectivity index (χ1v) is 6.65. The number of aromatic nitrogens is 1. The predicted molar refractivity (Wildman–Crippen MR) is 70.3 cm³/mol. The summed E-state index contributed by atoms with van der Waals surface area (Å²) in [5.74, 6) is 0. The minimum absolute atomic E-state index is 1.13. The fourth-order valence-corrected chi connectivity index (χ4v) is 3.59. The Kier molecular flexibility index (Phi) is 1.92. The zero-order valence-electron chi connectivity index (χ0n) is 10.4. The van der Waals surface area contributed by atoms with Gasteiger partial charge in [0.25, 0.3) is 0 Å². The number of nitrogens with zero attached hydrogens (tertiary/aromatic N) is 2. The summed E-state index contributed by atoms with van der Waals surface area (Å²) in [6, 6.07) is 6.87. The molecule has 2 aliphatic heterocycles. The lowest BCUT2D eigenvalue weighted by Gasteiger charge is -2.24. The van der Waals surface area contributed by atoms with Crippen molar-refractivity contribution in [2.24, 2.45) is 0 Å². The number of benzene rings is 1. The smallest absolute Gasteiger partial charge is 0.0518 e. The van der Waals surface area contributed by atoms with Gasteiger partial charge < -0.3 is 9.47 Å². The molecule has 1 aromatic carbocycles. The zero-order valence-corrected chi connectivity index (χ0v) is 10.4. The molecule has 88 valence electrons. The van der Waals surface area contributed by atoms with Crippen molar-refractivity contribution in [2.75, 3.05) is 13.6 Å². The number of para-hydroxylation sites is 1. The van der Waals surface area contributed by atoms with Gasteiger partial charge in [-0.3, -0.25) is 0 Å². The minimum atomic E-state index is 1.13. The van der Waals surface area contributed by atoms with Crippen molar-refractivity contribution in [1.82, 2.24) is 9.47 Å². The highest BCUT2D eigenvalue weighted by atomic mass is 15.1. The molecule has 0 amide bonds. The van der Waals surface area contributed by atoms with E-state index in [0.29, 0.717) is 0 Å². The second kappa shape index (κ2) is 3.36. The molecule has 0 N–H and O–H groups in total. The molecular weight excluding hydrogens is 208 g/mol. The Balaban J connectivity index is 2.09. The molecule has 2 nitrogen and oxygen atoms in total. The van der Waals surface area contributed by atoms with Gasteiger partial charge in [0.2, 0.25) is 0 Å². The van der Waals surface area contributed by atoms with E-state index in [0.717, 1.165) is 6.54 Å². The first kappa shape index (κ1) is 9.72. The Morgan fingerprint density at radius 1 is 1.12 bits per heavy atom. The van der Waals surface area contributed by atoms with Crippen molar-refractivity contribution >= 4 is 10.9 Å². The van der Waals surface area contributed by atoms with Crippen LogP contribution >= 0.6 is 0 Å². The average molecular weight is 226 g/mol. The quantitative estimate of drug-likeness (QED) is 0.670. The van der Waals surface area contributed by atoms with Crippen LogP contribution in [0.3, 0.4) is 0 Å². The number of hydrogen-bond donors (Lipinski definition) is 0. The van der Waals surface area contributed by atoms with Gasteiger partial charge in [-0.1, -0.05) is 18.2 Å². The lowest BCUT2D eigenvalue weighted by atomic mass is 10.0. The molecule has 2 aliphatic rings. The van der Waals surface area contributed by atoms with E-state index in [4.69, 9.17) is 0 Å². The van der Waals surface area contributed by atoms with Gasteiger partial charge in [0.1, 0.15) is 0 Å². The summed E-state index contributed by atoms with van der Waals surface area (Å²) in [6.45, 7) is 3.56. The highest BCUT2D eigenvalue weighted by Crippen LogP contribution is 2.35. The second-order valence-electron chi connectivity index (χ2n) is 5.48. The van der Waals surface area contributed by atoms with Crippen molar-refractivity contribution < 1.29 is 0 Å². The third kappa shape index (κ3) is 1.25. The Morgan fingerprint density at radius 3 is 3.00 bits per heavy atom. The lowest BCUT2D eigenvalue weighted by Crippen LogP contribution is -2.27. The number of fused-ring (bicyclic) bond motifs is 3. The molecule has 0 radical (unpaired) electrons. The van der Waals surface area contributed by atoms with Crippen LogP contribution in [0.4, 0.5) is 0 Å². The summed E-state index contributed by atoms with van der Waals surface area (Å²) >= 11 is 0. The predicted octanol–water partition coefficient (Wildman–Crippen LogP) is 2.58. The van der Waals surface area contributed by atoms with Crippen LogP contribution in [0.25, 0.3) is 10.9 Å². The van der Waals surface area contributed by atoms with Crippen molar-refractivity contribution in [1.29, 1.82) is 0 Å². The van der Waals surface area contributed by atoms with E-state index in [2.05, 4.69) is 34.7 Å². The molecule has 1 aromatic heterocycles. The maximum atomic E-state index is 2.61. The summed E-state index contributed by atoms with van der Waals surface area (Å²) < 4.78 is 2.61. The van der Waals surface area contributed by atoms with Crippen molar-refractivity contribution in [3.63, 3.8) is 0 Å². The van der Waals surface area contributed by atoms with Gasteiger partial charge in [-0.2, -0.15) is 0 Å². The summed E-state index contributed by atoms with van der Waals surface area (Å²) in [5, 5.41) is 1.52. The SMILES string of the molecule is CN1CCc2c(c3cccc4c3n2CCC4)C1. The van der Waals surface area contributed by atoms with E-state index in [1.165, 1.54) is 37.7 Å². The van der Waals surface area contributed by atoms with Gasteiger partial charge in [-0.25, -0.2) is 0 Å². The van der Waals surface area contributed by atoms with Crippen LogP contribution in [0.2, 0.25) is 0 Å². The van der Waals surface area contributed by atoms with E-state index in [1.54, 1.807) is 22.3 Å². The third-order valence-corrected chi connectivity index (χ3v) is 4.37. The summed E-state index contributed by atoms with van der Waals surface area (Å²) in [5.41, 5.74) is 6.31. The Morgan fingerprint density at radius 2 is 2.06 bits per heavy atom. The van der Waals surface area contributed by atoms with E-state index in [9.17, 15) is 0 Å². The molecule has 3 heterocycles. The molecule has 0 aliphatic carbocycles. The lowest BCUT2D eigenvalue weighted by molar-refractivity contribution is 0.309. The molecule has 0 unspecified atom stereocenters. The summed E-state index contributed by atoms with van der Waals surface area (Å²) in [7, 11) is 2.23. The molecule has 0 spiro atoms. The van der Waals surface area contributed by atoms with Crippen LogP contribution in [-0.2, 0) is 25.9 Å². The third-order valence-electron chi connectivity index (χ3n) is 4.37. The van der Waals surface area contributed by atoms with Crippen molar-refractivity contribution in [3.05, 3.63) is 35.0 Å². The fourth-order valence-electron chi connectivity index (χ4n) is 3.59. The topological polar surface area (TPSA) is 8.17 Å². The van der Waals surface area contributed by atoms with Crippen LogP contribution in [0.1, 0.15) is 23.2 Å². The van der Waals surface area contributed by atoms with Crippen LogP contribution < -0.4 is 0 Å². The second-order valence-corrected chi connectivity index (χ2v) is 5.48. The van der Waals surface area contributed by atoms with Crippen molar-refractivity contribution in [3.8, 4) is 0 Å². The average Bonchev–Trinajstić information content (AvgIpc) is 2.67. The molecule has 0 saturated carbocycles. The Hall–Kier alpha value is -1.28. The largest absolute Gasteiger partial charge is 0.344 e. The van der Waals surface area contributed by atoms with Gasteiger partial charge >= 0.3 is 0 Å². The van der Waals surface area contributed by atoms with E-state index < -0.39 is 0 Å². The molecule has 0 saturated heterocycles. The maximum absolute atomic E-state index is 2.61. The van der Waals surface area contributed by atoms with Gasteiger partial charge in [-0.05, 0) is 31.0 Å². The highest BCUT2D eigenvalue weighted by molar-refractivity contribution is 5.89. The number of aryl methyl sites for hydroxylation is 2. The van der Waals surface area contributed by atoms with Crippen LogP contribution in [-0.4, -0.2) is 23.1 Å². The molecular formula is C15H18N2. The standard InChI is InChI=1S/C15H18N2/c1-16-9-7-14-13(10-16)12-6-2-4-11-5-3-8-17(14)15(11)12/h2,4,6H,3,5,7-10H2,1H3. The first-order chi connectivity index (χ1) is 8.34. The molecule has 2 aromatic rings. The van der Waals surface area contributed by atoms with Crippen molar-refractivity contribution in [2.45, 2.75) is 32.4 Å². The highest BCUT2D eigenvalue weighted by Gasteiger charge is 2.24.